The number of amides is 1. The zero-order chi connectivity index (χ0) is 19.5. The van der Waals surface area contributed by atoms with E-state index in [9.17, 15) is 14.9 Å². The summed E-state index contributed by atoms with van der Waals surface area (Å²) in [6, 6.07) is 10.4. The first-order valence-electron chi connectivity index (χ1n) is 8.73. The zero-order valence-corrected chi connectivity index (χ0v) is 16.1. The molecule has 0 radical (unpaired) electrons. The van der Waals surface area contributed by atoms with Gasteiger partial charge in [-0.1, -0.05) is 45.0 Å². The highest BCUT2D eigenvalue weighted by Gasteiger charge is 2.19. The third-order valence-electron chi connectivity index (χ3n) is 4.57. The van der Waals surface area contributed by atoms with E-state index in [0.717, 1.165) is 0 Å². The second-order valence-electron chi connectivity index (χ2n) is 7.62. The molecule has 0 aliphatic carbocycles. The van der Waals surface area contributed by atoms with Crippen LogP contribution in [0.2, 0.25) is 0 Å². The Bertz CT molecular complexity index is 812. The largest absolute Gasteiger partial charge is 0.351 e. The molecule has 1 amide bonds. The summed E-state index contributed by atoms with van der Waals surface area (Å²) in [7, 11) is 0. The fraction of sp³-hybridized carbons (Fsp3) is 0.381. The number of hydrogen-bond acceptors (Lipinski definition) is 3. The minimum Gasteiger partial charge on any atom is -0.351 e. The van der Waals surface area contributed by atoms with Gasteiger partial charge in [-0.3, -0.25) is 14.9 Å². The van der Waals surface area contributed by atoms with Gasteiger partial charge in [0.05, 0.1) is 4.92 Å². The summed E-state index contributed by atoms with van der Waals surface area (Å²) in [6.45, 7) is 11.2. The maximum atomic E-state index is 12.3. The Morgan fingerprint density at radius 3 is 2.23 bits per heavy atom. The molecule has 5 nitrogen and oxygen atoms in total. The Balaban J connectivity index is 2.09. The van der Waals surface area contributed by atoms with Gasteiger partial charge < -0.3 is 5.32 Å². The molecule has 0 aromatic heterocycles. The summed E-state index contributed by atoms with van der Waals surface area (Å²) < 4.78 is 0. The number of nitro benzene ring substituents is 1. The van der Waals surface area contributed by atoms with Crippen LogP contribution in [-0.2, 0) is 11.8 Å². The molecule has 0 heterocycles. The second kappa shape index (κ2) is 7.68. The molecule has 0 unspecified atom stereocenters. The molecule has 1 N–H and O–H groups in total. The number of aryl methyl sites for hydroxylation is 2. The maximum absolute atomic E-state index is 12.3. The van der Waals surface area contributed by atoms with Crippen molar-refractivity contribution in [2.75, 3.05) is 6.54 Å². The number of nitrogens with one attached hydrogen (secondary N) is 1. The molecule has 0 spiro atoms. The van der Waals surface area contributed by atoms with Crippen LogP contribution in [0.15, 0.2) is 36.4 Å². The van der Waals surface area contributed by atoms with E-state index in [1.165, 1.54) is 34.4 Å². The van der Waals surface area contributed by atoms with E-state index >= 15 is 0 Å². The summed E-state index contributed by atoms with van der Waals surface area (Å²) in [5.74, 6) is -0.418. The van der Waals surface area contributed by atoms with Gasteiger partial charge >= 0.3 is 0 Å². The lowest BCUT2D eigenvalue weighted by molar-refractivity contribution is -0.385. The summed E-state index contributed by atoms with van der Waals surface area (Å²) in [6.07, 6.45) is 0.689. The Morgan fingerprint density at radius 2 is 1.69 bits per heavy atom. The number of para-hydroxylation sites is 1. The Labute approximate surface area is 154 Å². The summed E-state index contributed by atoms with van der Waals surface area (Å²) in [5, 5.41) is 13.8. The van der Waals surface area contributed by atoms with E-state index in [0.29, 0.717) is 13.0 Å². The third-order valence-corrected chi connectivity index (χ3v) is 4.57. The van der Waals surface area contributed by atoms with Crippen LogP contribution in [0.3, 0.4) is 0 Å². The van der Waals surface area contributed by atoms with Crippen molar-refractivity contribution in [3.63, 3.8) is 0 Å². The van der Waals surface area contributed by atoms with Crippen molar-refractivity contribution in [2.24, 2.45) is 0 Å². The number of nitro groups is 1. The van der Waals surface area contributed by atoms with Crippen molar-refractivity contribution in [1.29, 1.82) is 0 Å². The van der Waals surface area contributed by atoms with Gasteiger partial charge in [0.25, 0.3) is 11.6 Å². The van der Waals surface area contributed by atoms with Gasteiger partial charge in [-0.15, -0.1) is 0 Å². The standard InChI is InChI=1S/C21H26N2O3/c1-14-12-16(21(3,4)5)13-15(2)17(14)10-11-22-20(24)18-8-6-7-9-19(18)23(25)26/h6-9,12-13H,10-11H2,1-5H3,(H,22,24). The molecular formula is C21H26N2O3. The molecule has 138 valence electrons. The van der Waals surface area contributed by atoms with E-state index in [2.05, 4.69) is 52.1 Å². The van der Waals surface area contributed by atoms with Crippen LogP contribution in [0.5, 0.6) is 0 Å². The molecule has 0 fully saturated rings. The molecular weight excluding hydrogens is 328 g/mol. The normalized spacial score (nSPS) is 11.3. The SMILES string of the molecule is Cc1cc(C(C)(C)C)cc(C)c1CCNC(=O)c1ccccc1[N+](=O)[O-]. The average Bonchev–Trinajstić information content (AvgIpc) is 2.56. The lowest BCUT2D eigenvalue weighted by atomic mass is 9.83. The van der Waals surface area contributed by atoms with Crippen LogP contribution in [0.1, 0.15) is 53.4 Å². The Morgan fingerprint density at radius 1 is 1.12 bits per heavy atom. The van der Waals surface area contributed by atoms with Crippen molar-refractivity contribution in [2.45, 2.75) is 46.5 Å². The molecule has 0 bridgehead atoms. The Kier molecular flexibility index (Phi) is 5.80. The van der Waals surface area contributed by atoms with Gasteiger partial charge in [0, 0.05) is 12.6 Å². The van der Waals surface area contributed by atoms with Crippen LogP contribution < -0.4 is 5.32 Å². The first-order chi connectivity index (χ1) is 12.1. The highest BCUT2D eigenvalue weighted by Crippen LogP contribution is 2.27. The van der Waals surface area contributed by atoms with Crippen LogP contribution in [0, 0.1) is 24.0 Å². The third kappa shape index (κ3) is 4.48. The molecule has 2 aromatic rings. The van der Waals surface area contributed by atoms with Crippen LogP contribution in [-0.4, -0.2) is 17.4 Å². The fourth-order valence-corrected chi connectivity index (χ4v) is 3.04. The monoisotopic (exact) mass is 354 g/mol. The highest BCUT2D eigenvalue weighted by atomic mass is 16.6. The minimum atomic E-state index is -0.533. The summed E-state index contributed by atoms with van der Waals surface area (Å²) >= 11 is 0. The number of carbonyl (C=O) groups excluding carboxylic acids is 1. The zero-order valence-electron chi connectivity index (χ0n) is 16.1. The molecule has 0 aliphatic rings. The predicted molar refractivity (Wildman–Crippen MR) is 104 cm³/mol. The Hall–Kier alpha value is -2.69. The molecule has 0 atom stereocenters. The van der Waals surface area contributed by atoms with Gasteiger partial charge in [-0.25, -0.2) is 0 Å². The molecule has 2 aromatic carbocycles. The second-order valence-corrected chi connectivity index (χ2v) is 7.62. The number of benzene rings is 2. The van der Waals surface area contributed by atoms with Crippen molar-refractivity contribution in [1.82, 2.24) is 5.32 Å². The summed E-state index contributed by atoms with van der Waals surface area (Å²) in [4.78, 5) is 22.8. The topological polar surface area (TPSA) is 72.2 Å². The van der Waals surface area contributed by atoms with Gasteiger partial charge in [-0.2, -0.15) is 0 Å². The number of carbonyl (C=O) groups is 1. The van der Waals surface area contributed by atoms with E-state index < -0.39 is 10.8 Å². The summed E-state index contributed by atoms with van der Waals surface area (Å²) in [5.41, 5.74) is 4.92. The van der Waals surface area contributed by atoms with E-state index in [1.807, 2.05) is 0 Å². The average molecular weight is 354 g/mol. The number of hydrogen-bond donors (Lipinski definition) is 1. The smallest absolute Gasteiger partial charge is 0.282 e. The quantitative estimate of drug-likeness (QED) is 0.635. The molecule has 0 saturated heterocycles. The van der Waals surface area contributed by atoms with Gasteiger partial charge in [-0.05, 0) is 54.0 Å². The van der Waals surface area contributed by atoms with Gasteiger partial charge in [0.1, 0.15) is 5.56 Å². The lowest BCUT2D eigenvalue weighted by Crippen LogP contribution is -2.26. The fourth-order valence-electron chi connectivity index (χ4n) is 3.04. The van der Waals surface area contributed by atoms with E-state index in [4.69, 9.17) is 0 Å². The molecule has 2 rings (SSSR count). The van der Waals surface area contributed by atoms with Crippen molar-refractivity contribution >= 4 is 11.6 Å². The first-order valence-corrected chi connectivity index (χ1v) is 8.73. The molecule has 0 aliphatic heterocycles. The van der Waals surface area contributed by atoms with Crippen molar-refractivity contribution in [3.8, 4) is 0 Å². The van der Waals surface area contributed by atoms with Crippen LogP contribution in [0.4, 0.5) is 5.69 Å². The molecule has 5 heteroatoms. The lowest BCUT2D eigenvalue weighted by Gasteiger charge is -2.22. The number of rotatable bonds is 5. The maximum Gasteiger partial charge on any atom is 0.282 e. The molecule has 26 heavy (non-hydrogen) atoms. The van der Waals surface area contributed by atoms with Gasteiger partial charge in [0.2, 0.25) is 0 Å². The van der Waals surface area contributed by atoms with Crippen molar-refractivity contribution < 1.29 is 9.72 Å². The van der Waals surface area contributed by atoms with E-state index in [-0.39, 0.29) is 16.7 Å². The van der Waals surface area contributed by atoms with Crippen LogP contribution >= 0.6 is 0 Å². The number of nitrogens with zero attached hydrogens (tertiary/aromatic N) is 1. The van der Waals surface area contributed by atoms with E-state index in [1.54, 1.807) is 12.1 Å². The minimum absolute atomic E-state index is 0.0917. The predicted octanol–water partition coefficient (Wildman–Crippen LogP) is 4.48. The van der Waals surface area contributed by atoms with Crippen molar-refractivity contribution in [3.05, 3.63) is 74.3 Å². The van der Waals surface area contributed by atoms with Gasteiger partial charge in [0.15, 0.2) is 0 Å². The highest BCUT2D eigenvalue weighted by molar-refractivity contribution is 5.98. The van der Waals surface area contributed by atoms with Crippen LogP contribution in [0.25, 0.3) is 0 Å². The molecule has 0 saturated carbocycles. The first kappa shape index (κ1) is 19.6.